The Bertz CT molecular complexity index is 629. The topological polar surface area (TPSA) is 54.0 Å². The molecule has 0 aromatic heterocycles. The first-order valence-electron chi connectivity index (χ1n) is 6.03. The molecule has 0 aliphatic carbocycles. The van der Waals surface area contributed by atoms with Gasteiger partial charge in [0.15, 0.2) is 0 Å². The number of amidine groups is 1. The second-order valence-electron chi connectivity index (χ2n) is 4.28. The minimum Gasteiger partial charge on any atom is -0.382 e. The molecule has 0 bridgehead atoms. The highest BCUT2D eigenvalue weighted by molar-refractivity contribution is 5.92. The zero-order valence-corrected chi connectivity index (χ0v) is 11.0. The van der Waals surface area contributed by atoms with Crippen molar-refractivity contribution in [2.24, 2.45) is 15.8 Å². The van der Waals surface area contributed by atoms with Crippen molar-refractivity contribution in [3.8, 4) is 0 Å². The number of hydrogen-bond acceptors (Lipinski definition) is 4. The van der Waals surface area contributed by atoms with E-state index in [4.69, 9.17) is 5.73 Å². The molecule has 0 radical (unpaired) electrons. The van der Waals surface area contributed by atoms with Gasteiger partial charge in [-0.3, -0.25) is 10.0 Å². The molecule has 4 nitrogen and oxygen atoms in total. The van der Waals surface area contributed by atoms with Crippen LogP contribution in [0.5, 0.6) is 0 Å². The van der Waals surface area contributed by atoms with Crippen LogP contribution in [0.2, 0.25) is 0 Å². The fourth-order valence-corrected chi connectivity index (χ4v) is 1.87. The van der Waals surface area contributed by atoms with Crippen molar-refractivity contribution in [3.05, 3.63) is 53.7 Å². The van der Waals surface area contributed by atoms with Gasteiger partial charge in [-0.05, 0) is 24.9 Å². The largest absolute Gasteiger partial charge is 0.416 e. The van der Waals surface area contributed by atoms with E-state index in [-0.39, 0.29) is 5.84 Å². The molecule has 1 aliphatic rings. The molecule has 2 rings (SSSR count). The summed E-state index contributed by atoms with van der Waals surface area (Å²) in [5.41, 5.74) is 5.60. The van der Waals surface area contributed by atoms with Crippen LogP contribution >= 0.6 is 0 Å². The summed E-state index contributed by atoms with van der Waals surface area (Å²) < 4.78 is 38.4. The monoisotopic (exact) mass is 294 g/mol. The molecular weight excluding hydrogens is 281 g/mol. The molecule has 1 aromatic carbocycles. The predicted molar refractivity (Wildman–Crippen MR) is 76.4 cm³/mol. The van der Waals surface area contributed by atoms with Crippen molar-refractivity contribution in [1.29, 1.82) is 0 Å². The van der Waals surface area contributed by atoms with Crippen LogP contribution in [0.1, 0.15) is 11.1 Å². The maximum absolute atomic E-state index is 12.8. The van der Waals surface area contributed by atoms with Crippen molar-refractivity contribution in [1.82, 2.24) is 5.01 Å². The normalized spacial score (nSPS) is 15.9. The van der Waals surface area contributed by atoms with Crippen molar-refractivity contribution >= 4 is 18.3 Å². The third kappa shape index (κ3) is 3.50. The third-order valence-corrected chi connectivity index (χ3v) is 2.78. The molecular formula is C14H13F3N4. The van der Waals surface area contributed by atoms with Crippen LogP contribution < -0.4 is 5.73 Å². The van der Waals surface area contributed by atoms with E-state index in [9.17, 15) is 13.2 Å². The smallest absolute Gasteiger partial charge is 0.382 e. The van der Waals surface area contributed by atoms with Gasteiger partial charge in [-0.1, -0.05) is 18.2 Å². The maximum Gasteiger partial charge on any atom is 0.416 e. The quantitative estimate of drug-likeness (QED) is 0.872. The maximum atomic E-state index is 12.8. The van der Waals surface area contributed by atoms with Crippen molar-refractivity contribution in [3.63, 3.8) is 0 Å². The predicted octanol–water partition coefficient (Wildman–Crippen LogP) is 2.85. The van der Waals surface area contributed by atoms with Crippen molar-refractivity contribution in [2.75, 3.05) is 6.54 Å². The summed E-state index contributed by atoms with van der Waals surface area (Å²) in [5.74, 6) is 0.267. The Morgan fingerprint density at radius 1 is 1.43 bits per heavy atom. The van der Waals surface area contributed by atoms with Gasteiger partial charge >= 0.3 is 6.18 Å². The number of hydrogen-bond donors (Lipinski definition) is 1. The van der Waals surface area contributed by atoms with Crippen LogP contribution in [0.4, 0.5) is 13.2 Å². The molecule has 0 amide bonds. The van der Waals surface area contributed by atoms with Gasteiger partial charge in [0.2, 0.25) is 0 Å². The molecule has 0 unspecified atom stereocenters. The van der Waals surface area contributed by atoms with Gasteiger partial charge in [0.05, 0.1) is 24.0 Å². The molecule has 1 aromatic rings. The average Bonchev–Trinajstić information content (AvgIpc) is 2.44. The number of nitrogens with zero attached hydrogens (tertiary/aromatic N) is 3. The van der Waals surface area contributed by atoms with Crippen molar-refractivity contribution < 1.29 is 13.2 Å². The highest BCUT2D eigenvalue weighted by Crippen LogP contribution is 2.32. The molecule has 21 heavy (non-hydrogen) atoms. The highest BCUT2D eigenvalue weighted by Gasteiger charge is 2.30. The van der Waals surface area contributed by atoms with Gasteiger partial charge in [-0.2, -0.15) is 18.3 Å². The van der Waals surface area contributed by atoms with Gasteiger partial charge in [-0.15, -0.1) is 0 Å². The lowest BCUT2D eigenvalue weighted by atomic mass is 10.1. The van der Waals surface area contributed by atoms with Crippen molar-refractivity contribution in [2.45, 2.75) is 6.18 Å². The molecule has 1 heterocycles. The minimum atomic E-state index is -4.41. The van der Waals surface area contributed by atoms with Crippen LogP contribution in [0.25, 0.3) is 5.70 Å². The van der Waals surface area contributed by atoms with E-state index in [0.29, 0.717) is 17.8 Å². The van der Waals surface area contributed by atoms with E-state index in [1.165, 1.54) is 17.3 Å². The van der Waals surface area contributed by atoms with Gasteiger partial charge in [0, 0.05) is 5.56 Å². The lowest BCUT2D eigenvalue weighted by Crippen LogP contribution is -2.25. The summed E-state index contributed by atoms with van der Waals surface area (Å²) in [7, 11) is 0. The van der Waals surface area contributed by atoms with Gasteiger partial charge in [-0.25, -0.2) is 0 Å². The fraction of sp³-hybridized carbons (Fsp3) is 0.143. The van der Waals surface area contributed by atoms with Crippen LogP contribution in [-0.2, 0) is 6.18 Å². The van der Waals surface area contributed by atoms with Crippen LogP contribution in [0, 0.1) is 0 Å². The molecule has 2 N–H and O–H groups in total. The number of alkyl halides is 3. The number of hydrazone groups is 1. The van der Waals surface area contributed by atoms with Gasteiger partial charge in [0.1, 0.15) is 5.84 Å². The van der Waals surface area contributed by atoms with E-state index in [1.807, 2.05) is 0 Å². The molecule has 0 saturated carbocycles. The molecule has 0 fully saturated rings. The second kappa shape index (κ2) is 5.82. The molecule has 1 aliphatic heterocycles. The lowest BCUT2D eigenvalue weighted by Gasteiger charge is -2.23. The fourth-order valence-electron chi connectivity index (χ4n) is 1.87. The Kier molecular flexibility index (Phi) is 4.11. The first-order valence-corrected chi connectivity index (χ1v) is 6.03. The lowest BCUT2D eigenvalue weighted by molar-refractivity contribution is -0.137. The van der Waals surface area contributed by atoms with E-state index in [1.54, 1.807) is 18.2 Å². The Morgan fingerprint density at radius 2 is 2.19 bits per heavy atom. The summed E-state index contributed by atoms with van der Waals surface area (Å²) in [6.07, 6.45) is 0.326. The van der Waals surface area contributed by atoms with Crippen LogP contribution in [0.3, 0.4) is 0 Å². The zero-order valence-electron chi connectivity index (χ0n) is 11.0. The highest BCUT2D eigenvalue weighted by atomic mass is 19.4. The minimum absolute atomic E-state index is 0.267. The summed E-state index contributed by atoms with van der Waals surface area (Å²) in [4.78, 5) is 3.64. The molecule has 0 spiro atoms. The summed E-state index contributed by atoms with van der Waals surface area (Å²) in [5, 5.41) is 5.54. The van der Waals surface area contributed by atoms with Crippen LogP contribution in [0.15, 0.2) is 52.7 Å². The first kappa shape index (κ1) is 14.8. The SMILES string of the molecule is C=N/C=C(/c1cccc(C(F)(F)F)c1)N1CC=CC(N)=N1. The van der Waals surface area contributed by atoms with Gasteiger partial charge in [0.25, 0.3) is 0 Å². The summed E-state index contributed by atoms with van der Waals surface area (Å²) in [6, 6.07) is 4.94. The zero-order chi connectivity index (χ0) is 15.5. The van der Waals surface area contributed by atoms with E-state index < -0.39 is 11.7 Å². The first-order chi connectivity index (χ1) is 9.91. The number of aliphatic imine (C=N–C) groups is 1. The number of benzene rings is 1. The Hall–Kier alpha value is -2.57. The number of halogens is 3. The molecule has 0 saturated heterocycles. The molecule has 0 atom stereocenters. The van der Waals surface area contributed by atoms with E-state index in [0.717, 1.165) is 12.1 Å². The Balaban J connectivity index is 2.43. The third-order valence-electron chi connectivity index (χ3n) is 2.78. The Labute approximate surface area is 119 Å². The van der Waals surface area contributed by atoms with Crippen LogP contribution in [-0.4, -0.2) is 24.1 Å². The molecule has 110 valence electrons. The van der Waals surface area contributed by atoms with E-state index >= 15 is 0 Å². The summed E-state index contributed by atoms with van der Waals surface area (Å²) in [6.45, 7) is 3.73. The van der Waals surface area contributed by atoms with E-state index in [2.05, 4.69) is 16.8 Å². The molecule has 7 heteroatoms. The second-order valence-corrected chi connectivity index (χ2v) is 4.28. The average molecular weight is 294 g/mol. The Morgan fingerprint density at radius 3 is 2.81 bits per heavy atom. The standard InChI is InChI=1S/C14H13F3N4/c1-19-9-12(21-7-3-6-13(18)20-21)10-4-2-5-11(8-10)14(15,16)17/h2-6,8-9H,1,7H2,(H2,18,20)/b12-9-. The van der Waals surface area contributed by atoms with Gasteiger partial charge < -0.3 is 5.73 Å². The number of rotatable bonds is 3. The summed E-state index contributed by atoms with van der Waals surface area (Å²) >= 11 is 0. The number of nitrogens with two attached hydrogens (primary N) is 1.